The van der Waals surface area contributed by atoms with Gasteiger partial charge in [-0.25, -0.2) is 0 Å². The molecule has 1 aromatic rings. The van der Waals surface area contributed by atoms with Crippen molar-refractivity contribution in [2.45, 2.75) is 32.8 Å². The van der Waals surface area contributed by atoms with Crippen LogP contribution in [0.2, 0.25) is 0 Å². The first-order valence-corrected chi connectivity index (χ1v) is 5.67. The van der Waals surface area contributed by atoms with Gasteiger partial charge in [0.05, 0.1) is 0 Å². The Morgan fingerprint density at radius 3 is 2.56 bits per heavy atom. The molecule has 0 heterocycles. The van der Waals surface area contributed by atoms with Crippen molar-refractivity contribution in [1.29, 1.82) is 0 Å². The lowest BCUT2D eigenvalue weighted by Gasteiger charge is -2.11. The van der Waals surface area contributed by atoms with Gasteiger partial charge in [-0.1, -0.05) is 43.2 Å². The maximum atomic E-state index is 11.5. The number of rotatable bonds is 5. The van der Waals surface area contributed by atoms with E-state index in [1.807, 2.05) is 19.1 Å². The van der Waals surface area contributed by atoms with Crippen molar-refractivity contribution in [1.82, 2.24) is 5.32 Å². The normalized spacial score (nSPS) is 12.2. The number of carbonyl (C=O) groups is 1. The van der Waals surface area contributed by atoms with Crippen LogP contribution >= 0.6 is 0 Å². The van der Waals surface area contributed by atoms with Gasteiger partial charge in [-0.3, -0.25) is 4.79 Å². The lowest BCUT2D eigenvalue weighted by molar-refractivity contribution is -0.129. The summed E-state index contributed by atoms with van der Waals surface area (Å²) in [5.41, 5.74) is 1.75. The molecule has 0 aliphatic carbocycles. The Morgan fingerprint density at radius 2 is 2.00 bits per heavy atom. The van der Waals surface area contributed by atoms with Crippen LogP contribution in [0, 0.1) is 6.92 Å². The molecular weight excluding hydrogens is 202 g/mol. The third kappa shape index (κ3) is 3.66. The van der Waals surface area contributed by atoms with Crippen LogP contribution in [0.1, 0.15) is 37.0 Å². The van der Waals surface area contributed by atoms with Gasteiger partial charge in [0.25, 0.3) is 5.91 Å². The van der Waals surface area contributed by atoms with Gasteiger partial charge in [-0.05, 0) is 18.9 Å². The molecule has 0 radical (unpaired) electrons. The maximum Gasteiger partial charge on any atom is 0.253 e. The Hall–Kier alpha value is -1.35. The molecule has 0 spiro atoms. The first-order valence-electron chi connectivity index (χ1n) is 5.67. The monoisotopic (exact) mass is 221 g/mol. The van der Waals surface area contributed by atoms with Gasteiger partial charge in [0.1, 0.15) is 0 Å². The van der Waals surface area contributed by atoms with E-state index in [0.717, 1.165) is 18.4 Å². The first-order chi connectivity index (χ1) is 7.65. The van der Waals surface area contributed by atoms with Crippen molar-refractivity contribution < 1.29 is 9.90 Å². The van der Waals surface area contributed by atoms with E-state index in [4.69, 9.17) is 0 Å². The zero-order chi connectivity index (χ0) is 12.0. The Morgan fingerprint density at radius 1 is 1.38 bits per heavy atom. The Labute approximate surface area is 96.5 Å². The zero-order valence-electron chi connectivity index (χ0n) is 9.86. The Kier molecular flexibility index (Phi) is 4.99. The van der Waals surface area contributed by atoms with Crippen LogP contribution in [-0.2, 0) is 4.79 Å². The van der Waals surface area contributed by atoms with E-state index >= 15 is 0 Å². The predicted octanol–water partition coefficient (Wildman–Crippen LogP) is 1.94. The van der Waals surface area contributed by atoms with Gasteiger partial charge in [0.15, 0.2) is 6.10 Å². The second-order valence-electron chi connectivity index (χ2n) is 3.96. The molecule has 3 nitrogen and oxygen atoms in total. The summed E-state index contributed by atoms with van der Waals surface area (Å²) in [5.74, 6) is -0.322. The van der Waals surface area contributed by atoms with Gasteiger partial charge in [-0.15, -0.1) is 0 Å². The van der Waals surface area contributed by atoms with E-state index in [1.165, 1.54) is 0 Å². The second-order valence-corrected chi connectivity index (χ2v) is 3.96. The molecule has 0 fully saturated rings. The lowest BCUT2D eigenvalue weighted by Crippen LogP contribution is -2.30. The topological polar surface area (TPSA) is 49.3 Å². The highest BCUT2D eigenvalue weighted by atomic mass is 16.3. The summed E-state index contributed by atoms with van der Waals surface area (Å²) in [7, 11) is 0. The minimum Gasteiger partial charge on any atom is -0.378 e. The molecule has 1 amide bonds. The SMILES string of the molecule is CCCCNC(=O)C(O)c1ccc(C)cc1. The molecule has 1 atom stereocenters. The summed E-state index contributed by atoms with van der Waals surface area (Å²) in [6.45, 7) is 4.65. The molecule has 0 aliphatic rings. The number of aryl methyl sites for hydroxylation is 1. The summed E-state index contributed by atoms with van der Waals surface area (Å²) < 4.78 is 0. The number of benzene rings is 1. The van der Waals surface area contributed by atoms with E-state index in [1.54, 1.807) is 12.1 Å². The Bertz CT molecular complexity index is 332. The van der Waals surface area contributed by atoms with Crippen LogP contribution in [0.4, 0.5) is 0 Å². The van der Waals surface area contributed by atoms with E-state index < -0.39 is 6.10 Å². The number of aliphatic hydroxyl groups is 1. The maximum absolute atomic E-state index is 11.5. The van der Waals surface area contributed by atoms with Crippen molar-refractivity contribution in [3.8, 4) is 0 Å². The minimum atomic E-state index is -1.06. The molecule has 1 rings (SSSR count). The second kappa shape index (κ2) is 6.28. The van der Waals surface area contributed by atoms with Gasteiger partial charge in [0, 0.05) is 6.54 Å². The van der Waals surface area contributed by atoms with E-state index in [-0.39, 0.29) is 5.91 Å². The van der Waals surface area contributed by atoms with Crippen molar-refractivity contribution >= 4 is 5.91 Å². The summed E-state index contributed by atoms with van der Waals surface area (Å²) in [4.78, 5) is 11.5. The largest absolute Gasteiger partial charge is 0.378 e. The smallest absolute Gasteiger partial charge is 0.253 e. The van der Waals surface area contributed by atoms with Crippen LogP contribution in [-0.4, -0.2) is 17.6 Å². The minimum absolute atomic E-state index is 0.322. The number of carbonyl (C=O) groups excluding carboxylic acids is 1. The third-order valence-corrected chi connectivity index (χ3v) is 2.47. The number of hydrogen-bond acceptors (Lipinski definition) is 2. The zero-order valence-corrected chi connectivity index (χ0v) is 9.86. The average Bonchev–Trinajstić information content (AvgIpc) is 2.29. The van der Waals surface area contributed by atoms with Crippen molar-refractivity contribution in [3.05, 3.63) is 35.4 Å². The molecule has 2 N–H and O–H groups in total. The van der Waals surface area contributed by atoms with Crippen molar-refractivity contribution in [3.63, 3.8) is 0 Å². The van der Waals surface area contributed by atoms with Crippen LogP contribution in [0.25, 0.3) is 0 Å². The van der Waals surface area contributed by atoms with E-state index in [9.17, 15) is 9.90 Å². The van der Waals surface area contributed by atoms with Crippen LogP contribution in [0.5, 0.6) is 0 Å². The van der Waals surface area contributed by atoms with Gasteiger partial charge in [-0.2, -0.15) is 0 Å². The predicted molar refractivity (Wildman–Crippen MR) is 64.1 cm³/mol. The van der Waals surface area contributed by atoms with Crippen LogP contribution in [0.15, 0.2) is 24.3 Å². The number of unbranched alkanes of at least 4 members (excludes halogenated alkanes) is 1. The van der Waals surface area contributed by atoms with Crippen LogP contribution < -0.4 is 5.32 Å². The quantitative estimate of drug-likeness (QED) is 0.747. The van der Waals surface area contributed by atoms with Gasteiger partial charge >= 0.3 is 0 Å². The fourth-order valence-electron chi connectivity index (χ4n) is 1.39. The molecule has 0 bridgehead atoms. The molecule has 0 aliphatic heterocycles. The summed E-state index contributed by atoms with van der Waals surface area (Å²) in [5, 5.41) is 12.5. The summed E-state index contributed by atoms with van der Waals surface area (Å²) in [6.07, 6.45) is 0.908. The van der Waals surface area contributed by atoms with E-state index in [0.29, 0.717) is 12.1 Å². The highest BCUT2D eigenvalue weighted by Gasteiger charge is 2.15. The highest BCUT2D eigenvalue weighted by molar-refractivity contribution is 5.81. The molecule has 0 saturated heterocycles. The molecular formula is C13H19NO2. The third-order valence-electron chi connectivity index (χ3n) is 2.47. The van der Waals surface area contributed by atoms with Crippen molar-refractivity contribution in [2.75, 3.05) is 6.54 Å². The highest BCUT2D eigenvalue weighted by Crippen LogP contribution is 2.13. The molecule has 1 unspecified atom stereocenters. The standard InChI is InChI=1S/C13H19NO2/c1-3-4-9-14-13(16)12(15)11-7-5-10(2)6-8-11/h5-8,12,15H,3-4,9H2,1-2H3,(H,14,16). The van der Waals surface area contributed by atoms with Crippen molar-refractivity contribution in [2.24, 2.45) is 0 Å². The molecule has 88 valence electrons. The number of amides is 1. The van der Waals surface area contributed by atoms with Gasteiger partial charge in [0.2, 0.25) is 0 Å². The number of aliphatic hydroxyl groups excluding tert-OH is 1. The average molecular weight is 221 g/mol. The molecule has 3 heteroatoms. The van der Waals surface area contributed by atoms with E-state index in [2.05, 4.69) is 12.2 Å². The molecule has 16 heavy (non-hydrogen) atoms. The summed E-state index contributed by atoms with van der Waals surface area (Å²) >= 11 is 0. The fraction of sp³-hybridized carbons (Fsp3) is 0.462. The summed E-state index contributed by atoms with van der Waals surface area (Å²) in [6, 6.07) is 7.33. The number of hydrogen-bond donors (Lipinski definition) is 2. The lowest BCUT2D eigenvalue weighted by atomic mass is 10.1. The molecule has 1 aromatic carbocycles. The Balaban J connectivity index is 2.53. The van der Waals surface area contributed by atoms with Crippen LogP contribution in [0.3, 0.4) is 0 Å². The van der Waals surface area contributed by atoms with Gasteiger partial charge < -0.3 is 10.4 Å². The molecule has 0 saturated carbocycles. The number of nitrogens with one attached hydrogen (secondary N) is 1. The fourth-order valence-corrected chi connectivity index (χ4v) is 1.39. The molecule has 0 aromatic heterocycles. The first kappa shape index (κ1) is 12.7.